The standard InChI is InChI=1S/C16H23BrN2O/c1-9-6-7-10(8-11(9)17)12(20)19-14-15(2,3)13(18)16(14,4)5/h6-8,13-14H,18H2,1-5H3,(H,19,20). The predicted octanol–water partition coefficient (Wildman–Crippen LogP) is 3.25. The Bertz CT molecular complexity index is 535. The van der Waals surface area contributed by atoms with Gasteiger partial charge in [0.05, 0.1) is 0 Å². The van der Waals surface area contributed by atoms with Crippen LogP contribution in [0.15, 0.2) is 22.7 Å². The molecule has 1 aliphatic rings. The van der Waals surface area contributed by atoms with Crippen LogP contribution in [0.25, 0.3) is 0 Å². The zero-order chi connectivity index (χ0) is 15.3. The minimum atomic E-state index is -0.0823. The molecule has 1 fully saturated rings. The molecular formula is C16H23BrN2O. The third-order valence-corrected chi connectivity index (χ3v) is 5.65. The monoisotopic (exact) mass is 338 g/mol. The zero-order valence-corrected chi connectivity index (χ0v) is 14.3. The van der Waals surface area contributed by atoms with Crippen LogP contribution in [0, 0.1) is 17.8 Å². The van der Waals surface area contributed by atoms with Gasteiger partial charge in [0.1, 0.15) is 0 Å². The lowest BCUT2D eigenvalue weighted by atomic mass is 9.48. The lowest BCUT2D eigenvalue weighted by Gasteiger charge is -2.62. The lowest BCUT2D eigenvalue weighted by molar-refractivity contribution is -0.0663. The minimum Gasteiger partial charge on any atom is -0.348 e. The van der Waals surface area contributed by atoms with Gasteiger partial charge >= 0.3 is 0 Å². The number of amides is 1. The van der Waals surface area contributed by atoms with Gasteiger partial charge in [-0.1, -0.05) is 49.7 Å². The Kier molecular flexibility index (Phi) is 3.76. The number of halogens is 1. The molecule has 1 amide bonds. The molecule has 0 aliphatic heterocycles. The fourth-order valence-electron chi connectivity index (χ4n) is 3.50. The van der Waals surface area contributed by atoms with E-state index in [0.717, 1.165) is 10.0 Å². The molecule has 0 aromatic heterocycles. The van der Waals surface area contributed by atoms with Crippen molar-refractivity contribution < 1.29 is 4.79 Å². The normalized spacial score (nSPS) is 26.8. The summed E-state index contributed by atoms with van der Waals surface area (Å²) in [7, 11) is 0. The summed E-state index contributed by atoms with van der Waals surface area (Å²) < 4.78 is 0.953. The van der Waals surface area contributed by atoms with Gasteiger partial charge < -0.3 is 11.1 Å². The Morgan fingerprint density at radius 3 is 2.30 bits per heavy atom. The summed E-state index contributed by atoms with van der Waals surface area (Å²) in [4.78, 5) is 12.4. The van der Waals surface area contributed by atoms with Crippen molar-refractivity contribution >= 4 is 21.8 Å². The molecule has 0 radical (unpaired) electrons. The molecule has 110 valence electrons. The molecule has 3 nitrogen and oxygen atoms in total. The molecule has 20 heavy (non-hydrogen) atoms. The van der Waals surface area contributed by atoms with Gasteiger partial charge in [-0.2, -0.15) is 0 Å². The molecule has 1 aromatic rings. The van der Waals surface area contributed by atoms with Crippen LogP contribution in [0.3, 0.4) is 0 Å². The molecule has 4 heteroatoms. The van der Waals surface area contributed by atoms with Crippen LogP contribution >= 0.6 is 15.9 Å². The number of rotatable bonds is 2. The fraction of sp³-hybridized carbons (Fsp3) is 0.562. The molecule has 0 spiro atoms. The third kappa shape index (κ3) is 2.29. The highest BCUT2D eigenvalue weighted by Gasteiger charge is 2.60. The van der Waals surface area contributed by atoms with Gasteiger partial charge in [-0.3, -0.25) is 4.79 Å². The van der Waals surface area contributed by atoms with Gasteiger partial charge in [0.2, 0.25) is 0 Å². The Morgan fingerprint density at radius 1 is 1.25 bits per heavy atom. The van der Waals surface area contributed by atoms with Crippen LogP contribution in [-0.4, -0.2) is 18.0 Å². The Hall–Kier alpha value is -0.870. The van der Waals surface area contributed by atoms with Crippen molar-refractivity contribution in [3.63, 3.8) is 0 Å². The molecule has 1 aliphatic carbocycles. The average molecular weight is 339 g/mol. The van der Waals surface area contributed by atoms with E-state index in [2.05, 4.69) is 48.9 Å². The Morgan fingerprint density at radius 2 is 1.80 bits per heavy atom. The first kappa shape index (κ1) is 15.5. The maximum atomic E-state index is 12.4. The summed E-state index contributed by atoms with van der Waals surface area (Å²) in [5, 5.41) is 3.15. The van der Waals surface area contributed by atoms with E-state index in [1.54, 1.807) is 0 Å². The molecule has 2 rings (SSSR count). The maximum absolute atomic E-state index is 12.4. The fourth-order valence-corrected chi connectivity index (χ4v) is 3.88. The molecule has 0 bridgehead atoms. The largest absolute Gasteiger partial charge is 0.348 e. The van der Waals surface area contributed by atoms with Gasteiger partial charge in [0.25, 0.3) is 5.91 Å². The van der Waals surface area contributed by atoms with Crippen LogP contribution in [-0.2, 0) is 0 Å². The van der Waals surface area contributed by atoms with Crippen molar-refractivity contribution in [2.24, 2.45) is 16.6 Å². The number of nitrogens with one attached hydrogen (secondary N) is 1. The van der Waals surface area contributed by atoms with Crippen molar-refractivity contribution in [2.45, 2.75) is 46.7 Å². The number of benzene rings is 1. The molecule has 0 saturated heterocycles. The second-order valence-electron chi connectivity index (χ2n) is 6.99. The number of hydrogen-bond donors (Lipinski definition) is 2. The van der Waals surface area contributed by atoms with Crippen molar-refractivity contribution in [1.82, 2.24) is 5.32 Å². The molecular weight excluding hydrogens is 316 g/mol. The topological polar surface area (TPSA) is 55.1 Å². The highest BCUT2D eigenvalue weighted by atomic mass is 79.9. The molecule has 1 saturated carbocycles. The number of hydrogen-bond acceptors (Lipinski definition) is 2. The second-order valence-corrected chi connectivity index (χ2v) is 7.85. The van der Waals surface area contributed by atoms with E-state index >= 15 is 0 Å². The zero-order valence-electron chi connectivity index (χ0n) is 12.8. The number of aryl methyl sites for hydroxylation is 1. The maximum Gasteiger partial charge on any atom is 0.251 e. The van der Waals surface area contributed by atoms with Crippen LogP contribution in [0.2, 0.25) is 0 Å². The summed E-state index contributed by atoms with van der Waals surface area (Å²) in [5.41, 5.74) is 7.85. The first-order valence-corrected chi connectivity index (χ1v) is 7.70. The number of carbonyl (C=O) groups excluding carboxylic acids is 1. The van der Waals surface area contributed by atoms with Crippen molar-refractivity contribution in [3.05, 3.63) is 33.8 Å². The smallest absolute Gasteiger partial charge is 0.251 e. The predicted molar refractivity (Wildman–Crippen MR) is 85.7 cm³/mol. The Labute approximate surface area is 129 Å². The SMILES string of the molecule is Cc1ccc(C(=O)NC2C(C)(C)C(N)C2(C)C)cc1Br. The van der Waals surface area contributed by atoms with Gasteiger partial charge in [-0.05, 0) is 24.6 Å². The van der Waals surface area contributed by atoms with Crippen LogP contribution in [0.5, 0.6) is 0 Å². The summed E-state index contributed by atoms with van der Waals surface area (Å²) in [5.74, 6) is -0.0382. The first-order valence-electron chi connectivity index (χ1n) is 6.91. The van der Waals surface area contributed by atoms with Gasteiger partial charge in [-0.25, -0.2) is 0 Å². The van der Waals surface area contributed by atoms with Crippen LogP contribution < -0.4 is 11.1 Å². The summed E-state index contributed by atoms with van der Waals surface area (Å²) in [6, 6.07) is 5.83. The molecule has 0 unspecified atom stereocenters. The highest BCUT2D eigenvalue weighted by molar-refractivity contribution is 9.10. The van der Waals surface area contributed by atoms with E-state index in [-0.39, 0.29) is 28.8 Å². The summed E-state index contributed by atoms with van der Waals surface area (Å²) >= 11 is 3.47. The lowest BCUT2D eigenvalue weighted by Crippen LogP contribution is -2.76. The first-order chi connectivity index (χ1) is 9.08. The minimum absolute atomic E-state index is 0.0382. The number of carbonyl (C=O) groups is 1. The van der Waals surface area contributed by atoms with Gasteiger partial charge in [0, 0.05) is 32.9 Å². The molecule has 1 aromatic carbocycles. The molecule has 0 heterocycles. The average Bonchev–Trinajstić information content (AvgIpc) is 2.37. The van der Waals surface area contributed by atoms with Crippen molar-refractivity contribution in [1.29, 1.82) is 0 Å². The highest BCUT2D eigenvalue weighted by Crippen LogP contribution is 2.52. The van der Waals surface area contributed by atoms with E-state index in [1.807, 2.05) is 25.1 Å². The van der Waals surface area contributed by atoms with Crippen LogP contribution in [0.4, 0.5) is 0 Å². The third-order valence-electron chi connectivity index (χ3n) is 4.80. The van der Waals surface area contributed by atoms with E-state index in [1.165, 1.54) is 0 Å². The second kappa shape index (κ2) is 4.85. The molecule has 3 N–H and O–H groups in total. The van der Waals surface area contributed by atoms with Gasteiger partial charge in [0.15, 0.2) is 0 Å². The summed E-state index contributed by atoms with van der Waals surface area (Å²) in [6.07, 6.45) is 0. The van der Waals surface area contributed by atoms with Crippen LogP contribution in [0.1, 0.15) is 43.6 Å². The van der Waals surface area contributed by atoms with E-state index in [4.69, 9.17) is 5.73 Å². The van der Waals surface area contributed by atoms with E-state index < -0.39 is 0 Å². The Balaban J connectivity index is 2.18. The van der Waals surface area contributed by atoms with Crippen molar-refractivity contribution in [2.75, 3.05) is 0 Å². The van der Waals surface area contributed by atoms with Crippen molar-refractivity contribution in [3.8, 4) is 0 Å². The summed E-state index contributed by atoms with van der Waals surface area (Å²) in [6.45, 7) is 10.4. The van der Waals surface area contributed by atoms with E-state index in [9.17, 15) is 4.79 Å². The van der Waals surface area contributed by atoms with Gasteiger partial charge in [-0.15, -0.1) is 0 Å². The number of nitrogens with two attached hydrogens (primary N) is 1. The van der Waals surface area contributed by atoms with E-state index in [0.29, 0.717) is 5.56 Å². The quantitative estimate of drug-likeness (QED) is 0.869. The molecule has 0 atom stereocenters.